The zero-order valence-electron chi connectivity index (χ0n) is 11.8. The van der Waals surface area contributed by atoms with Gasteiger partial charge < -0.3 is 5.32 Å². The smallest absolute Gasteiger partial charge is 0.0349 e. The van der Waals surface area contributed by atoms with Crippen LogP contribution in [0.1, 0.15) is 43.4 Å². The Kier molecular flexibility index (Phi) is 5.21. The molecular formula is C16H26N2. The van der Waals surface area contributed by atoms with Gasteiger partial charge in [0.05, 0.1) is 0 Å². The summed E-state index contributed by atoms with van der Waals surface area (Å²) in [5.74, 6) is 0. The first kappa shape index (κ1) is 13.6. The molecule has 1 aliphatic heterocycles. The topological polar surface area (TPSA) is 15.3 Å². The van der Waals surface area contributed by atoms with Crippen molar-refractivity contribution in [3.05, 3.63) is 35.4 Å². The largest absolute Gasteiger partial charge is 0.314 e. The molecular weight excluding hydrogens is 220 g/mol. The summed E-state index contributed by atoms with van der Waals surface area (Å²) in [5, 5.41) is 3.45. The zero-order valence-corrected chi connectivity index (χ0v) is 11.8. The summed E-state index contributed by atoms with van der Waals surface area (Å²) >= 11 is 0. The number of aryl methyl sites for hydroxylation is 1. The molecule has 0 saturated carbocycles. The van der Waals surface area contributed by atoms with Crippen molar-refractivity contribution in [3.8, 4) is 0 Å². The lowest BCUT2D eigenvalue weighted by atomic mass is 9.97. The van der Waals surface area contributed by atoms with Gasteiger partial charge in [-0.05, 0) is 18.9 Å². The predicted molar refractivity (Wildman–Crippen MR) is 77.9 cm³/mol. The summed E-state index contributed by atoms with van der Waals surface area (Å²) in [6.45, 7) is 9.11. The SMILES string of the molecule is CCCC[C@@H](c1cccc(C)c1)N1CCNCC1. The van der Waals surface area contributed by atoms with E-state index in [1.165, 1.54) is 43.5 Å². The fourth-order valence-electron chi connectivity index (χ4n) is 2.83. The van der Waals surface area contributed by atoms with Crippen LogP contribution in [0.25, 0.3) is 0 Å². The van der Waals surface area contributed by atoms with Gasteiger partial charge in [0.15, 0.2) is 0 Å². The van der Waals surface area contributed by atoms with E-state index in [4.69, 9.17) is 0 Å². The van der Waals surface area contributed by atoms with Crippen LogP contribution in [0.2, 0.25) is 0 Å². The number of nitrogens with zero attached hydrogens (tertiary/aromatic N) is 1. The lowest BCUT2D eigenvalue weighted by Gasteiger charge is -2.35. The molecule has 0 aromatic heterocycles. The summed E-state index contributed by atoms with van der Waals surface area (Å²) in [4.78, 5) is 2.65. The van der Waals surface area contributed by atoms with E-state index in [-0.39, 0.29) is 0 Å². The average molecular weight is 246 g/mol. The molecule has 18 heavy (non-hydrogen) atoms. The highest BCUT2D eigenvalue weighted by Gasteiger charge is 2.21. The molecule has 1 N–H and O–H groups in total. The molecule has 2 heteroatoms. The number of hydrogen-bond acceptors (Lipinski definition) is 2. The van der Waals surface area contributed by atoms with Gasteiger partial charge in [0.2, 0.25) is 0 Å². The van der Waals surface area contributed by atoms with Crippen LogP contribution in [-0.2, 0) is 0 Å². The van der Waals surface area contributed by atoms with Crippen molar-refractivity contribution < 1.29 is 0 Å². The van der Waals surface area contributed by atoms with Crippen molar-refractivity contribution in [2.45, 2.75) is 39.2 Å². The maximum absolute atomic E-state index is 3.45. The second-order valence-corrected chi connectivity index (χ2v) is 5.36. The van der Waals surface area contributed by atoms with E-state index in [0.717, 1.165) is 13.1 Å². The van der Waals surface area contributed by atoms with Crippen LogP contribution in [0.15, 0.2) is 24.3 Å². The van der Waals surface area contributed by atoms with Gasteiger partial charge in [-0.2, -0.15) is 0 Å². The van der Waals surface area contributed by atoms with Crippen molar-refractivity contribution in [2.24, 2.45) is 0 Å². The van der Waals surface area contributed by atoms with Gasteiger partial charge >= 0.3 is 0 Å². The minimum Gasteiger partial charge on any atom is -0.314 e. The van der Waals surface area contributed by atoms with Crippen LogP contribution >= 0.6 is 0 Å². The summed E-state index contributed by atoms with van der Waals surface area (Å²) in [6, 6.07) is 9.67. The number of rotatable bonds is 5. The third-order valence-corrected chi connectivity index (χ3v) is 3.85. The first-order valence-corrected chi connectivity index (χ1v) is 7.32. The highest BCUT2D eigenvalue weighted by Crippen LogP contribution is 2.27. The highest BCUT2D eigenvalue weighted by molar-refractivity contribution is 5.25. The summed E-state index contributed by atoms with van der Waals surface area (Å²) in [7, 11) is 0. The van der Waals surface area contributed by atoms with E-state index in [1.807, 2.05) is 0 Å². The van der Waals surface area contributed by atoms with Crippen molar-refractivity contribution in [1.82, 2.24) is 10.2 Å². The van der Waals surface area contributed by atoms with Crippen molar-refractivity contribution in [1.29, 1.82) is 0 Å². The molecule has 1 fully saturated rings. The fourth-order valence-corrected chi connectivity index (χ4v) is 2.83. The first-order valence-electron chi connectivity index (χ1n) is 7.32. The molecule has 0 aliphatic carbocycles. The monoisotopic (exact) mass is 246 g/mol. The molecule has 2 rings (SSSR count). The third kappa shape index (κ3) is 3.56. The Labute approximate surface area is 111 Å². The molecule has 100 valence electrons. The number of nitrogens with one attached hydrogen (secondary N) is 1. The number of benzene rings is 1. The molecule has 1 aromatic carbocycles. The third-order valence-electron chi connectivity index (χ3n) is 3.85. The molecule has 0 bridgehead atoms. The molecule has 1 heterocycles. The Morgan fingerprint density at radius 2 is 2.06 bits per heavy atom. The van der Waals surface area contributed by atoms with Crippen LogP contribution < -0.4 is 5.32 Å². The number of hydrogen-bond donors (Lipinski definition) is 1. The molecule has 1 atom stereocenters. The summed E-state index contributed by atoms with van der Waals surface area (Å²) in [6.07, 6.45) is 3.90. The first-order chi connectivity index (χ1) is 8.81. The summed E-state index contributed by atoms with van der Waals surface area (Å²) < 4.78 is 0. The normalized spacial score (nSPS) is 18.8. The van der Waals surface area contributed by atoms with Gasteiger partial charge in [-0.3, -0.25) is 4.90 Å². The van der Waals surface area contributed by atoms with Gasteiger partial charge in [0, 0.05) is 32.2 Å². The van der Waals surface area contributed by atoms with Crippen molar-refractivity contribution >= 4 is 0 Å². The second kappa shape index (κ2) is 6.91. The lowest BCUT2D eigenvalue weighted by molar-refractivity contribution is 0.163. The molecule has 1 aromatic rings. The van der Waals surface area contributed by atoms with Gasteiger partial charge in [0.1, 0.15) is 0 Å². The Bertz CT molecular complexity index is 356. The quantitative estimate of drug-likeness (QED) is 0.858. The molecule has 0 radical (unpaired) electrons. The molecule has 1 aliphatic rings. The maximum atomic E-state index is 3.45. The van der Waals surface area contributed by atoms with E-state index in [2.05, 4.69) is 48.3 Å². The number of piperazine rings is 1. The Morgan fingerprint density at radius 3 is 2.72 bits per heavy atom. The van der Waals surface area contributed by atoms with Crippen LogP contribution in [-0.4, -0.2) is 31.1 Å². The van der Waals surface area contributed by atoms with Crippen molar-refractivity contribution in [2.75, 3.05) is 26.2 Å². The fraction of sp³-hybridized carbons (Fsp3) is 0.625. The minimum atomic E-state index is 0.618. The number of unbranched alkanes of at least 4 members (excludes halogenated alkanes) is 1. The van der Waals surface area contributed by atoms with Crippen molar-refractivity contribution in [3.63, 3.8) is 0 Å². The van der Waals surface area contributed by atoms with Gasteiger partial charge in [0.25, 0.3) is 0 Å². The Morgan fingerprint density at radius 1 is 1.28 bits per heavy atom. The lowest BCUT2D eigenvalue weighted by Crippen LogP contribution is -2.45. The molecule has 2 nitrogen and oxygen atoms in total. The van der Waals surface area contributed by atoms with Crippen LogP contribution in [0.4, 0.5) is 0 Å². The standard InChI is InChI=1S/C16H26N2/c1-3-4-8-16(18-11-9-17-10-12-18)15-7-5-6-14(2)13-15/h5-7,13,16-17H,3-4,8-12H2,1-2H3/t16-/m0/s1. The maximum Gasteiger partial charge on any atom is 0.0349 e. The van der Waals surface area contributed by atoms with E-state index in [9.17, 15) is 0 Å². The Balaban J connectivity index is 2.12. The second-order valence-electron chi connectivity index (χ2n) is 5.36. The Hall–Kier alpha value is -0.860. The molecule has 0 unspecified atom stereocenters. The van der Waals surface area contributed by atoms with E-state index >= 15 is 0 Å². The highest BCUT2D eigenvalue weighted by atomic mass is 15.2. The van der Waals surface area contributed by atoms with Crippen LogP contribution in [0.5, 0.6) is 0 Å². The molecule has 0 amide bonds. The van der Waals surface area contributed by atoms with Gasteiger partial charge in [-0.15, -0.1) is 0 Å². The van der Waals surface area contributed by atoms with E-state index in [1.54, 1.807) is 0 Å². The van der Waals surface area contributed by atoms with Gasteiger partial charge in [-0.25, -0.2) is 0 Å². The average Bonchev–Trinajstić information content (AvgIpc) is 2.40. The zero-order chi connectivity index (χ0) is 12.8. The minimum absolute atomic E-state index is 0.618. The van der Waals surface area contributed by atoms with E-state index in [0.29, 0.717) is 6.04 Å². The van der Waals surface area contributed by atoms with Gasteiger partial charge in [-0.1, -0.05) is 49.6 Å². The predicted octanol–water partition coefficient (Wildman–Crippen LogP) is 3.13. The molecule has 1 saturated heterocycles. The molecule has 0 spiro atoms. The van der Waals surface area contributed by atoms with E-state index < -0.39 is 0 Å². The summed E-state index contributed by atoms with van der Waals surface area (Å²) in [5.41, 5.74) is 2.88. The van der Waals surface area contributed by atoms with Crippen LogP contribution in [0.3, 0.4) is 0 Å². The van der Waals surface area contributed by atoms with Crippen LogP contribution in [0, 0.1) is 6.92 Å².